The molecule has 3 aromatic rings. The monoisotopic (exact) mass is 428 g/mol. The predicted molar refractivity (Wildman–Crippen MR) is 125 cm³/mol. The fraction of sp³-hybridized carbons (Fsp3) is 0.160. The maximum Gasteiger partial charge on any atom is 0.257 e. The topological polar surface area (TPSA) is 99.3 Å². The van der Waals surface area contributed by atoms with Gasteiger partial charge < -0.3 is 21.3 Å². The molecule has 3 aromatic carbocycles. The zero-order chi connectivity index (χ0) is 22.3. The van der Waals surface area contributed by atoms with Gasteiger partial charge >= 0.3 is 0 Å². The zero-order valence-corrected chi connectivity index (χ0v) is 17.4. The second-order valence-corrected chi connectivity index (χ2v) is 7.56. The Hall–Kier alpha value is -4.13. The van der Waals surface area contributed by atoms with E-state index in [1.54, 1.807) is 60.7 Å². The summed E-state index contributed by atoms with van der Waals surface area (Å²) >= 11 is 0. The standard InChI is InChI=1S/C25H24N4O3/c30-23(16-26-21-12-6-4-10-19(21)24(31)28-18-14-15-18)29-22-13-7-5-11-20(22)25(32)27-17-8-2-1-3-9-17/h1-13,18,26H,14-16H2,(H,27,32)(H,28,31)(H,29,30). The van der Waals surface area contributed by atoms with Crippen molar-refractivity contribution in [1.29, 1.82) is 0 Å². The van der Waals surface area contributed by atoms with Gasteiger partial charge in [0.25, 0.3) is 11.8 Å². The molecule has 0 spiro atoms. The molecule has 1 saturated carbocycles. The van der Waals surface area contributed by atoms with E-state index in [4.69, 9.17) is 0 Å². The molecule has 0 saturated heterocycles. The Morgan fingerprint density at radius 2 is 1.28 bits per heavy atom. The van der Waals surface area contributed by atoms with Crippen LogP contribution in [0.25, 0.3) is 0 Å². The van der Waals surface area contributed by atoms with Crippen LogP contribution in [-0.4, -0.2) is 30.3 Å². The number of carbonyl (C=O) groups excluding carboxylic acids is 3. The van der Waals surface area contributed by atoms with Crippen molar-refractivity contribution in [2.75, 3.05) is 22.5 Å². The minimum atomic E-state index is -0.331. The Balaban J connectivity index is 1.39. The fourth-order valence-electron chi connectivity index (χ4n) is 3.21. The number of rotatable bonds is 8. The smallest absolute Gasteiger partial charge is 0.257 e. The molecule has 4 N–H and O–H groups in total. The lowest BCUT2D eigenvalue weighted by Crippen LogP contribution is -2.28. The Morgan fingerprint density at radius 1 is 0.688 bits per heavy atom. The molecule has 0 aliphatic heterocycles. The van der Waals surface area contributed by atoms with E-state index in [0.717, 1.165) is 12.8 Å². The van der Waals surface area contributed by atoms with Gasteiger partial charge in [-0.3, -0.25) is 14.4 Å². The molecule has 0 unspecified atom stereocenters. The van der Waals surface area contributed by atoms with Crippen LogP contribution < -0.4 is 21.3 Å². The first-order valence-corrected chi connectivity index (χ1v) is 10.5. The average molecular weight is 428 g/mol. The lowest BCUT2D eigenvalue weighted by atomic mass is 10.1. The first kappa shape index (κ1) is 21.1. The van der Waals surface area contributed by atoms with Gasteiger partial charge in [0.1, 0.15) is 0 Å². The van der Waals surface area contributed by atoms with Crippen LogP contribution in [0.3, 0.4) is 0 Å². The second kappa shape index (κ2) is 9.78. The molecule has 3 amide bonds. The highest BCUT2D eigenvalue weighted by Crippen LogP contribution is 2.22. The maximum atomic E-state index is 12.7. The summed E-state index contributed by atoms with van der Waals surface area (Å²) in [5, 5.41) is 11.6. The van der Waals surface area contributed by atoms with Crippen molar-refractivity contribution >= 4 is 34.8 Å². The van der Waals surface area contributed by atoms with Gasteiger partial charge in [-0.05, 0) is 49.2 Å². The van der Waals surface area contributed by atoms with Crippen molar-refractivity contribution < 1.29 is 14.4 Å². The highest BCUT2D eigenvalue weighted by Gasteiger charge is 2.24. The third-order valence-corrected chi connectivity index (χ3v) is 5.00. The summed E-state index contributed by atoms with van der Waals surface area (Å²) in [5.74, 6) is -0.802. The molecule has 1 aliphatic rings. The largest absolute Gasteiger partial charge is 0.376 e. The summed E-state index contributed by atoms with van der Waals surface area (Å²) in [6, 6.07) is 23.2. The van der Waals surface area contributed by atoms with Gasteiger partial charge in [-0.25, -0.2) is 0 Å². The number of anilines is 3. The van der Waals surface area contributed by atoms with Crippen molar-refractivity contribution in [1.82, 2.24) is 5.32 Å². The highest BCUT2D eigenvalue weighted by atomic mass is 16.2. The second-order valence-electron chi connectivity index (χ2n) is 7.56. The summed E-state index contributed by atoms with van der Waals surface area (Å²) in [4.78, 5) is 37.7. The predicted octanol–water partition coefficient (Wildman–Crippen LogP) is 3.88. The van der Waals surface area contributed by atoms with Crippen molar-refractivity contribution in [3.05, 3.63) is 90.0 Å². The number of carbonyl (C=O) groups is 3. The molecular weight excluding hydrogens is 404 g/mol. The molecule has 32 heavy (non-hydrogen) atoms. The van der Waals surface area contributed by atoms with E-state index in [1.165, 1.54) is 0 Å². The van der Waals surface area contributed by atoms with Crippen molar-refractivity contribution in [2.45, 2.75) is 18.9 Å². The average Bonchev–Trinajstić information content (AvgIpc) is 3.63. The summed E-state index contributed by atoms with van der Waals surface area (Å²) in [5.41, 5.74) is 2.51. The summed E-state index contributed by atoms with van der Waals surface area (Å²) in [6.45, 7) is -0.0532. The van der Waals surface area contributed by atoms with Crippen molar-refractivity contribution in [2.24, 2.45) is 0 Å². The normalized spacial score (nSPS) is 12.5. The van der Waals surface area contributed by atoms with Gasteiger partial charge in [-0.2, -0.15) is 0 Å². The van der Waals surface area contributed by atoms with Crippen LogP contribution in [0.2, 0.25) is 0 Å². The summed E-state index contributed by atoms with van der Waals surface area (Å²) in [6.07, 6.45) is 2.00. The number of hydrogen-bond acceptors (Lipinski definition) is 4. The van der Waals surface area contributed by atoms with Gasteiger partial charge in [-0.15, -0.1) is 0 Å². The first-order chi connectivity index (χ1) is 15.6. The Bertz CT molecular complexity index is 1130. The highest BCUT2D eigenvalue weighted by molar-refractivity contribution is 6.10. The third-order valence-electron chi connectivity index (χ3n) is 5.00. The number of amides is 3. The SMILES string of the molecule is O=C(CNc1ccccc1C(=O)NC1CC1)Nc1ccccc1C(=O)Nc1ccccc1. The van der Waals surface area contributed by atoms with Crippen LogP contribution in [0.15, 0.2) is 78.9 Å². The van der Waals surface area contributed by atoms with Gasteiger partial charge in [-0.1, -0.05) is 42.5 Å². The molecule has 0 radical (unpaired) electrons. The minimum absolute atomic E-state index is 0.0532. The van der Waals surface area contributed by atoms with Gasteiger partial charge in [0.2, 0.25) is 5.91 Å². The summed E-state index contributed by atoms with van der Waals surface area (Å²) < 4.78 is 0. The molecule has 162 valence electrons. The van der Waals surface area contributed by atoms with Crippen LogP contribution in [0.4, 0.5) is 17.1 Å². The fourth-order valence-corrected chi connectivity index (χ4v) is 3.21. The van der Waals surface area contributed by atoms with E-state index in [9.17, 15) is 14.4 Å². The number of hydrogen-bond donors (Lipinski definition) is 4. The quantitative estimate of drug-likeness (QED) is 0.438. The Morgan fingerprint density at radius 3 is 1.97 bits per heavy atom. The molecule has 7 heteroatoms. The number of nitrogens with one attached hydrogen (secondary N) is 4. The molecule has 7 nitrogen and oxygen atoms in total. The van der Waals surface area contributed by atoms with E-state index in [-0.39, 0.29) is 30.3 Å². The molecular formula is C25H24N4O3. The van der Waals surface area contributed by atoms with Crippen LogP contribution in [0.1, 0.15) is 33.6 Å². The molecule has 1 aliphatic carbocycles. The van der Waals surface area contributed by atoms with E-state index in [2.05, 4.69) is 21.3 Å². The van der Waals surface area contributed by atoms with Crippen molar-refractivity contribution in [3.8, 4) is 0 Å². The Kier molecular flexibility index (Phi) is 6.46. The van der Waals surface area contributed by atoms with E-state index in [0.29, 0.717) is 28.2 Å². The molecule has 0 bridgehead atoms. The molecule has 0 atom stereocenters. The third kappa shape index (κ3) is 5.51. The minimum Gasteiger partial charge on any atom is -0.376 e. The molecule has 4 rings (SSSR count). The van der Waals surface area contributed by atoms with Crippen LogP contribution in [-0.2, 0) is 4.79 Å². The van der Waals surface area contributed by atoms with Gasteiger partial charge in [0.15, 0.2) is 0 Å². The van der Waals surface area contributed by atoms with E-state index in [1.807, 2.05) is 18.2 Å². The molecule has 0 aromatic heterocycles. The van der Waals surface area contributed by atoms with Crippen molar-refractivity contribution in [3.63, 3.8) is 0 Å². The van der Waals surface area contributed by atoms with Gasteiger partial charge in [0.05, 0.1) is 23.4 Å². The number of para-hydroxylation sites is 3. The molecule has 1 fully saturated rings. The van der Waals surface area contributed by atoms with Gasteiger partial charge in [0, 0.05) is 17.4 Å². The summed E-state index contributed by atoms with van der Waals surface area (Å²) in [7, 11) is 0. The van der Waals surface area contributed by atoms with E-state index < -0.39 is 0 Å². The van der Waals surface area contributed by atoms with Crippen LogP contribution in [0.5, 0.6) is 0 Å². The first-order valence-electron chi connectivity index (χ1n) is 10.5. The lowest BCUT2D eigenvalue weighted by molar-refractivity contribution is -0.114. The van der Waals surface area contributed by atoms with Crippen LogP contribution in [0, 0.1) is 0 Å². The zero-order valence-electron chi connectivity index (χ0n) is 17.4. The Labute approximate surface area is 186 Å². The number of benzene rings is 3. The van der Waals surface area contributed by atoms with Crippen LogP contribution >= 0.6 is 0 Å². The lowest BCUT2D eigenvalue weighted by Gasteiger charge is -2.14. The maximum absolute atomic E-state index is 12.7. The van der Waals surface area contributed by atoms with E-state index >= 15 is 0 Å². The molecule has 0 heterocycles.